The van der Waals surface area contributed by atoms with Gasteiger partial charge in [-0.25, -0.2) is 0 Å². The molecule has 0 aromatic rings. The van der Waals surface area contributed by atoms with Gasteiger partial charge in [0.05, 0.1) is 6.61 Å². The lowest BCUT2D eigenvalue weighted by Crippen LogP contribution is -2.40. The molecule has 0 aromatic heterocycles. The number of aliphatic hydroxyl groups is 4. The predicted octanol–water partition coefficient (Wildman–Crippen LogP) is -1.46. The second-order valence-corrected chi connectivity index (χ2v) is 4.53. The first-order chi connectivity index (χ1) is 6.61. The van der Waals surface area contributed by atoms with Crippen LogP contribution in [-0.2, 0) is 4.74 Å². The second kappa shape index (κ2) is 5.29. The van der Waals surface area contributed by atoms with Crippen molar-refractivity contribution in [3.63, 3.8) is 0 Å². The predicted molar refractivity (Wildman–Crippen MR) is 51.9 cm³/mol. The third-order valence-electron chi connectivity index (χ3n) is 2.15. The normalized spacial score (nSPS) is 40.1. The number of rotatable bonds is 4. The molecule has 14 heavy (non-hydrogen) atoms. The topological polar surface area (TPSA) is 90.2 Å². The number of ether oxygens (including phenoxy) is 1. The molecule has 4 N–H and O–H groups in total. The maximum absolute atomic E-state index is 9.51. The molecule has 5 nitrogen and oxygen atoms in total. The Morgan fingerprint density at radius 2 is 2.00 bits per heavy atom. The van der Waals surface area contributed by atoms with Gasteiger partial charge in [-0.3, -0.25) is 0 Å². The summed E-state index contributed by atoms with van der Waals surface area (Å²) >= 11 is 1.36. The number of hydrogen-bond donors (Lipinski definition) is 4. The molecule has 1 aliphatic heterocycles. The SMILES string of the molecule is CCS[C@@H]1O[C@@H]([C@H](O)CO)[C@H](O)[C@H]1O. The fourth-order valence-electron chi connectivity index (χ4n) is 1.40. The zero-order valence-electron chi connectivity index (χ0n) is 7.91. The molecule has 6 heteroatoms. The van der Waals surface area contributed by atoms with Crippen molar-refractivity contribution >= 4 is 11.8 Å². The van der Waals surface area contributed by atoms with E-state index in [1.165, 1.54) is 11.8 Å². The quantitative estimate of drug-likeness (QED) is 0.466. The van der Waals surface area contributed by atoms with E-state index in [-0.39, 0.29) is 0 Å². The van der Waals surface area contributed by atoms with Crippen LogP contribution in [0.2, 0.25) is 0 Å². The van der Waals surface area contributed by atoms with E-state index in [9.17, 15) is 15.3 Å². The van der Waals surface area contributed by atoms with Crippen LogP contribution in [0.3, 0.4) is 0 Å². The van der Waals surface area contributed by atoms with Crippen molar-refractivity contribution in [1.82, 2.24) is 0 Å². The van der Waals surface area contributed by atoms with Gasteiger partial charge in [0.1, 0.15) is 29.9 Å². The lowest BCUT2D eigenvalue weighted by Gasteiger charge is -2.18. The van der Waals surface area contributed by atoms with Crippen LogP contribution in [-0.4, -0.2) is 62.6 Å². The van der Waals surface area contributed by atoms with Crippen LogP contribution in [0.1, 0.15) is 6.92 Å². The zero-order chi connectivity index (χ0) is 10.7. The van der Waals surface area contributed by atoms with Gasteiger partial charge in [0, 0.05) is 0 Å². The van der Waals surface area contributed by atoms with E-state index < -0.39 is 36.5 Å². The maximum Gasteiger partial charge on any atom is 0.132 e. The Balaban J connectivity index is 2.57. The van der Waals surface area contributed by atoms with Crippen molar-refractivity contribution in [2.45, 2.75) is 36.8 Å². The van der Waals surface area contributed by atoms with Crippen LogP contribution < -0.4 is 0 Å². The minimum absolute atomic E-state index is 0.488. The van der Waals surface area contributed by atoms with E-state index in [0.717, 1.165) is 5.75 Å². The van der Waals surface area contributed by atoms with Crippen molar-refractivity contribution in [3.05, 3.63) is 0 Å². The average molecular weight is 224 g/mol. The number of thioether (sulfide) groups is 1. The highest BCUT2D eigenvalue weighted by Crippen LogP contribution is 2.30. The van der Waals surface area contributed by atoms with Gasteiger partial charge in [0.15, 0.2) is 0 Å². The fraction of sp³-hybridized carbons (Fsp3) is 1.00. The summed E-state index contributed by atoms with van der Waals surface area (Å²) in [6, 6.07) is 0. The highest BCUT2D eigenvalue weighted by atomic mass is 32.2. The highest BCUT2D eigenvalue weighted by molar-refractivity contribution is 7.99. The molecule has 0 saturated carbocycles. The average Bonchev–Trinajstić information content (AvgIpc) is 2.46. The van der Waals surface area contributed by atoms with E-state index in [0.29, 0.717) is 0 Å². The summed E-state index contributed by atoms with van der Waals surface area (Å²) in [5.74, 6) is 0.746. The van der Waals surface area contributed by atoms with E-state index in [2.05, 4.69) is 0 Å². The monoisotopic (exact) mass is 224 g/mol. The molecular weight excluding hydrogens is 208 g/mol. The summed E-state index contributed by atoms with van der Waals surface area (Å²) in [7, 11) is 0. The third-order valence-corrected chi connectivity index (χ3v) is 3.21. The molecular formula is C8H16O5S. The van der Waals surface area contributed by atoms with Crippen LogP contribution in [0, 0.1) is 0 Å². The minimum atomic E-state index is -1.15. The second-order valence-electron chi connectivity index (χ2n) is 3.16. The van der Waals surface area contributed by atoms with Crippen molar-refractivity contribution in [2.75, 3.05) is 12.4 Å². The van der Waals surface area contributed by atoms with Gasteiger partial charge in [0.2, 0.25) is 0 Å². The first-order valence-electron chi connectivity index (χ1n) is 4.54. The third kappa shape index (κ3) is 2.39. The maximum atomic E-state index is 9.51. The molecule has 1 heterocycles. The Morgan fingerprint density at radius 3 is 2.50 bits per heavy atom. The molecule has 1 saturated heterocycles. The van der Waals surface area contributed by atoms with Gasteiger partial charge < -0.3 is 25.2 Å². The van der Waals surface area contributed by atoms with Crippen LogP contribution in [0.25, 0.3) is 0 Å². The Kier molecular flexibility index (Phi) is 4.62. The molecule has 84 valence electrons. The summed E-state index contributed by atoms with van der Waals surface area (Å²) in [5.41, 5.74) is -0.527. The van der Waals surface area contributed by atoms with Crippen molar-refractivity contribution in [3.8, 4) is 0 Å². The molecule has 1 aliphatic rings. The lowest BCUT2D eigenvalue weighted by molar-refractivity contribution is -0.0713. The van der Waals surface area contributed by atoms with Gasteiger partial charge in [-0.15, -0.1) is 11.8 Å². The van der Waals surface area contributed by atoms with Crippen molar-refractivity contribution in [1.29, 1.82) is 0 Å². The van der Waals surface area contributed by atoms with Crippen molar-refractivity contribution < 1.29 is 25.2 Å². The van der Waals surface area contributed by atoms with Crippen LogP contribution in [0.15, 0.2) is 0 Å². The molecule has 0 aromatic carbocycles. The minimum Gasteiger partial charge on any atom is -0.394 e. The Bertz CT molecular complexity index is 177. The molecule has 0 unspecified atom stereocenters. The summed E-state index contributed by atoms with van der Waals surface area (Å²) in [4.78, 5) is 0. The summed E-state index contributed by atoms with van der Waals surface area (Å²) in [5, 5.41) is 37.0. The van der Waals surface area contributed by atoms with Gasteiger partial charge in [-0.2, -0.15) is 0 Å². The molecule has 1 fully saturated rings. The van der Waals surface area contributed by atoms with Crippen LogP contribution in [0.4, 0.5) is 0 Å². The fourth-order valence-corrected chi connectivity index (χ4v) is 2.29. The van der Waals surface area contributed by atoms with E-state index in [4.69, 9.17) is 9.84 Å². The summed E-state index contributed by atoms with van der Waals surface area (Å²) in [6.07, 6.45) is -4.20. The Hall–Kier alpha value is 0.150. The molecule has 0 amide bonds. The Morgan fingerprint density at radius 1 is 1.36 bits per heavy atom. The van der Waals surface area contributed by atoms with Gasteiger partial charge in [0.25, 0.3) is 0 Å². The molecule has 0 aliphatic carbocycles. The Labute approximate surface area is 86.7 Å². The highest BCUT2D eigenvalue weighted by Gasteiger charge is 2.45. The van der Waals surface area contributed by atoms with E-state index in [1.54, 1.807) is 0 Å². The van der Waals surface area contributed by atoms with E-state index >= 15 is 0 Å². The van der Waals surface area contributed by atoms with Crippen LogP contribution in [0.5, 0.6) is 0 Å². The molecule has 0 radical (unpaired) electrons. The molecule has 0 bridgehead atoms. The van der Waals surface area contributed by atoms with Crippen LogP contribution >= 0.6 is 11.8 Å². The first kappa shape index (κ1) is 12.2. The standard InChI is InChI=1S/C8H16O5S/c1-2-14-8-6(12)5(11)7(13-8)4(10)3-9/h4-12H,2-3H2,1H3/t4-,5-,6-,7+,8+/m1/s1. The molecule has 5 atom stereocenters. The van der Waals surface area contributed by atoms with Gasteiger partial charge in [-0.1, -0.05) is 6.92 Å². The molecule has 1 rings (SSSR count). The number of aliphatic hydroxyl groups excluding tert-OH is 4. The largest absolute Gasteiger partial charge is 0.394 e. The lowest BCUT2D eigenvalue weighted by atomic mass is 10.1. The number of hydrogen-bond acceptors (Lipinski definition) is 6. The summed E-state index contributed by atoms with van der Waals surface area (Å²) in [6.45, 7) is 1.42. The molecule has 0 spiro atoms. The van der Waals surface area contributed by atoms with E-state index in [1.807, 2.05) is 6.92 Å². The van der Waals surface area contributed by atoms with Crippen molar-refractivity contribution in [2.24, 2.45) is 0 Å². The first-order valence-corrected chi connectivity index (χ1v) is 5.58. The van der Waals surface area contributed by atoms with Gasteiger partial charge in [-0.05, 0) is 5.75 Å². The zero-order valence-corrected chi connectivity index (χ0v) is 8.72. The summed E-state index contributed by atoms with van der Waals surface area (Å²) < 4.78 is 5.23. The van der Waals surface area contributed by atoms with Gasteiger partial charge >= 0.3 is 0 Å². The smallest absolute Gasteiger partial charge is 0.132 e.